The summed E-state index contributed by atoms with van der Waals surface area (Å²) in [6.07, 6.45) is 2.42. The molecule has 1 saturated heterocycles. The first-order valence-electron chi connectivity index (χ1n) is 9.21. The molecule has 0 spiro atoms. The molecule has 4 rings (SSSR count). The molecular formula is C21H25N3O. The average molecular weight is 335 g/mol. The maximum atomic E-state index is 12.8. The Balaban J connectivity index is 1.36. The third-order valence-corrected chi connectivity index (χ3v) is 5.22. The number of hydrogen-bond acceptors (Lipinski definition) is 2. The second kappa shape index (κ2) is 7.18. The van der Waals surface area contributed by atoms with Gasteiger partial charge in [-0.3, -0.25) is 0 Å². The van der Waals surface area contributed by atoms with E-state index in [0.29, 0.717) is 5.92 Å². The van der Waals surface area contributed by atoms with Crippen LogP contribution >= 0.6 is 0 Å². The van der Waals surface area contributed by atoms with E-state index in [1.807, 2.05) is 17.0 Å². The van der Waals surface area contributed by atoms with E-state index in [1.54, 1.807) is 0 Å². The van der Waals surface area contributed by atoms with Crippen molar-refractivity contribution in [1.29, 1.82) is 0 Å². The highest BCUT2D eigenvalue weighted by Crippen LogP contribution is 2.41. The van der Waals surface area contributed by atoms with Crippen LogP contribution in [-0.4, -0.2) is 37.1 Å². The lowest BCUT2D eigenvalue weighted by atomic mass is 10.0. The van der Waals surface area contributed by atoms with Crippen LogP contribution < -0.4 is 10.2 Å². The highest BCUT2D eigenvalue weighted by Gasteiger charge is 2.34. The van der Waals surface area contributed by atoms with Crippen LogP contribution in [0.2, 0.25) is 0 Å². The molecule has 2 amide bonds. The zero-order valence-electron chi connectivity index (χ0n) is 14.5. The fraction of sp³-hybridized carbons (Fsp3) is 0.381. The number of carbonyl (C=O) groups is 1. The predicted octanol–water partition coefficient (Wildman–Crippen LogP) is 3.67. The van der Waals surface area contributed by atoms with E-state index in [4.69, 9.17) is 0 Å². The zero-order valence-corrected chi connectivity index (χ0v) is 14.5. The third kappa shape index (κ3) is 3.78. The summed E-state index contributed by atoms with van der Waals surface area (Å²) in [6.45, 7) is 3.31. The van der Waals surface area contributed by atoms with Gasteiger partial charge in [-0.15, -0.1) is 0 Å². The molecule has 1 aliphatic carbocycles. The SMILES string of the molecule is O=C(NC(c1ccccc1)C1CC1)N1CCN(c2ccccc2)CC1. The highest BCUT2D eigenvalue weighted by atomic mass is 16.2. The molecule has 0 bridgehead atoms. The van der Waals surface area contributed by atoms with E-state index in [1.165, 1.54) is 24.1 Å². The van der Waals surface area contributed by atoms with Gasteiger partial charge in [-0.1, -0.05) is 48.5 Å². The van der Waals surface area contributed by atoms with Crippen LogP contribution in [0.5, 0.6) is 0 Å². The lowest BCUT2D eigenvalue weighted by molar-refractivity contribution is 0.189. The Bertz CT molecular complexity index is 692. The van der Waals surface area contributed by atoms with Gasteiger partial charge in [0.1, 0.15) is 0 Å². The molecule has 2 fully saturated rings. The van der Waals surface area contributed by atoms with Gasteiger partial charge in [0.2, 0.25) is 0 Å². The van der Waals surface area contributed by atoms with Crippen LogP contribution in [0.25, 0.3) is 0 Å². The van der Waals surface area contributed by atoms with Gasteiger partial charge in [0.15, 0.2) is 0 Å². The molecule has 130 valence electrons. The quantitative estimate of drug-likeness (QED) is 0.925. The molecule has 4 heteroatoms. The van der Waals surface area contributed by atoms with Crippen LogP contribution in [-0.2, 0) is 0 Å². The molecule has 1 heterocycles. The monoisotopic (exact) mass is 335 g/mol. The number of piperazine rings is 1. The van der Waals surface area contributed by atoms with Gasteiger partial charge in [0, 0.05) is 31.9 Å². The molecule has 2 aliphatic rings. The van der Waals surface area contributed by atoms with Crippen LogP contribution in [0.15, 0.2) is 60.7 Å². The van der Waals surface area contributed by atoms with Gasteiger partial charge < -0.3 is 15.1 Å². The lowest BCUT2D eigenvalue weighted by Gasteiger charge is -2.36. The van der Waals surface area contributed by atoms with Crippen molar-refractivity contribution in [2.75, 3.05) is 31.1 Å². The molecule has 1 unspecified atom stereocenters. The number of carbonyl (C=O) groups excluding carboxylic acids is 1. The molecule has 0 aromatic heterocycles. The summed E-state index contributed by atoms with van der Waals surface area (Å²) in [4.78, 5) is 17.1. The molecule has 1 saturated carbocycles. The normalized spacial score (nSPS) is 18.7. The van der Waals surface area contributed by atoms with Crippen molar-refractivity contribution in [3.63, 3.8) is 0 Å². The van der Waals surface area contributed by atoms with Gasteiger partial charge in [-0.25, -0.2) is 4.79 Å². The summed E-state index contributed by atoms with van der Waals surface area (Å²) >= 11 is 0. The standard InChI is InChI=1S/C21H25N3O/c25-21(22-20(18-11-12-18)17-7-3-1-4-8-17)24-15-13-23(14-16-24)19-9-5-2-6-10-19/h1-10,18,20H,11-16H2,(H,22,25). The smallest absolute Gasteiger partial charge is 0.318 e. The first kappa shape index (κ1) is 16.0. The van der Waals surface area contributed by atoms with E-state index >= 15 is 0 Å². The number of amides is 2. The van der Waals surface area contributed by atoms with Crippen molar-refractivity contribution < 1.29 is 4.79 Å². The Morgan fingerprint density at radius 2 is 1.48 bits per heavy atom. The van der Waals surface area contributed by atoms with Crippen LogP contribution in [0.4, 0.5) is 10.5 Å². The number of nitrogens with zero attached hydrogens (tertiary/aromatic N) is 2. The number of rotatable bonds is 4. The third-order valence-electron chi connectivity index (χ3n) is 5.22. The highest BCUT2D eigenvalue weighted by molar-refractivity contribution is 5.75. The van der Waals surface area contributed by atoms with Crippen molar-refractivity contribution in [3.05, 3.63) is 66.2 Å². The van der Waals surface area contributed by atoms with Gasteiger partial charge in [0.25, 0.3) is 0 Å². The Hall–Kier alpha value is -2.49. The number of hydrogen-bond donors (Lipinski definition) is 1. The molecule has 4 nitrogen and oxygen atoms in total. The second-order valence-corrected chi connectivity index (χ2v) is 6.98. The summed E-state index contributed by atoms with van der Waals surface area (Å²) in [5, 5.41) is 3.29. The summed E-state index contributed by atoms with van der Waals surface area (Å²) in [5.74, 6) is 0.594. The number of urea groups is 1. The van der Waals surface area contributed by atoms with Crippen LogP contribution in [0.3, 0.4) is 0 Å². The minimum atomic E-state index is 0.0773. The van der Waals surface area contributed by atoms with Crippen LogP contribution in [0, 0.1) is 5.92 Å². The molecule has 2 aromatic carbocycles. The summed E-state index contributed by atoms with van der Waals surface area (Å²) in [6, 6.07) is 21.0. The van der Waals surface area contributed by atoms with Crippen molar-refractivity contribution >= 4 is 11.7 Å². The molecule has 1 N–H and O–H groups in total. The molecular weight excluding hydrogens is 310 g/mol. The van der Waals surface area contributed by atoms with E-state index < -0.39 is 0 Å². The minimum Gasteiger partial charge on any atom is -0.368 e. The largest absolute Gasteiger partial charge is 0.368 e. The van der Waals surface area contributed by atoms with E-state index in [2.05, 4.69) is 58.7 Å². The number of anilines is 1. The maximum absolute atomic E-state index is 12.8. The zero-order chi connectivity index (χ0) is 17.1. The predicted molar refractivity (Wildman–Crippen MR) is 101 cm³/mol. The topological polar surface area (TPSA) is 35.6 Å². The Kier molecular flexibility index (Phi) is 4.59. The van der Waals surface area contributed by atoms with Crippen LogP contribution in [0.1, 0.15) is 24.4 Å². The summed E-state index contributed by atoms with van der Waals surface area (Å²) < 4.78 is 0. The van der Waals surface area contributed by atoms with Crippen molar-refractivity contribution in [2.45, 2.75) is 18.9 Å². The van der Waals surface area contributed by atoms with Gasteiger partial charge in [-0.2, -0.15) is 0 Å². The fourth-order valence-corrected chi connectivity index (χ4v) is 3.59. The molecule has 0 radical (unpaired) electrons. The fourth-order valence-electron chi connectivity index (χ4n) is 3.59. The maximum Gasteiger partial charge on any atom is 0.318 e. The molecule has 1 aliphatic heterocycles. The second-order valence-electron chi connectivity index (χ2n) is 6.98. The minimum absolute atomic E-state index is 0.0773. The van der Waals surface area contributed by atoms with E-state index in [-0.39, 0.29) is 12.1 Å². The number of benzene rings is 2. The number of nitrogens with one attached hydrogen (secondary N) is 1. The molecule has 25 heavy (non-hydrogen) atoms. The van der Waals surface area contributed by atoms with Crippen molar-refractivity contribution in [3.8, 4) is 0 Å². The molecule has 2 aromatic rings. The Labute approximate surface area is 149 Å². The van der Waals surface area contributed by atoms with E-state index in [9.17, 15) is 4.79 Å². The molecule has 1 atom stereocenters. The van der Waals surface area contributed by atoms with Gasteiger partial charge in [0.05, 0.1) is 6.04 Å². The van der Waals surface area contributed by atoms with Crippen molar-refractivity contribution in [1.82, 2.24) is 10.2 Å². The van der Waals surface area contributed by atoms with Crippen molar-refractivity contribution in [2.24, 2.45) is 5.92 Å². The summed E-state index contributed by atoms with van der Waals surface area (Å²) in [7, 11) is 0. The first-order valence-corrected chi connectivity index (χ1v) is 9.21. The summed E-state index contributed by atoms with van der Waals surface area (Å²) in [5.41, 5.74) is 2.46. The lowest BCUT2D eigenvalue weighted by Crippen LogP contribution is -2.52. The average Bonchev–Trinajstić information content (AvgIpc) is 3.52. The Morgan fingerprint density at radius 1 is 0.880 bits per heavy atom. The number of para-hydroxylation sites is 1. The first-order chi connectivity index (χ1) is 12.3. The van der Waals surface area contributed by atoms with Gasteiger partial charge in [-0.05, 0) is 36.5 Å². The Morgan fingerprint density at radius 3 is 2.08 bits per heavy atom. The van der Waals surface area contributed by atoms with Gasteiger partial charge >= 0.3 is 6.03 Å². The van der Waals surface area contributed by atoms with E-state index in [0.717, 1.165) is 26.2 Å².